The maximum absolute atomic E-state index is 11.5. The summed E-state index contributed by atoms with van der Waals surface area (Å²) in [5.74, 6) is 3.74. The molecule has 0 unspecified atom stereocenters. The molecule has 90 valence electrons. The highest BCUT2D eigenvalue weighted by atomic mass is 16.5. The van der Waals surface area contributed by atoms with E-state index in [9.17, 15) is 9.59 Å². The van der Waals surface area contributed by atoms with E-state index in [-0.39, 0.29) is 0 Å². The van der Waals surface area contributed by atoms with Crippen molar-refractivity contribution in [2.24, 2.45) is 5.73 Å². The van der Waals surface area contributed by atoms with Gasteiger partial charge in [-0.2, -0.15) is 0 Å². The van der Waals surface area contributed by atoms with Gasteiger partial charge >= 0.3 is 5.97 Å². The molecular weight excluding hydrogens is 232 g/mol. The highest BCUT2D eigenvalue weighted by Crippen LogP contribution is 2.20. The fourth-order valence-electron chi connectivity index (χ4n) is 1.61. The Balaban J connectivity index is 2.53. The smallest absolute Gasteiger partial charge is 0.340 e. The van der Waals surface area contributed by atoms with E-state index in [2.05, 4.69) is 21.6 Å². The number of aromatic nitrogens is 1. The van der Waals surface area contributed by atoms with Gasteiger partial charge in [-0.15, -0.1) is 0 Å². The molecular formula is C13H10N2O3. The first kappa shape index (κ1) is 11.7. The first-order chi connectivity index (χ1) is 8.61. The molecule has 0 fully saturated rings. The molecule has 2 aromatic rings. The normalized spacial score (nSPS) is 9.61. The SMILES string of the molecule is COC(=O)c1c[nH]c2ccc(C#CC(N)=O)cc12. The van der Waals surface area contributed by atoms with Gasteiger partial charge in [-0.3, -0.25) is 4.79 Å². The molecule has 1 amide bonds. The second-order valence-corrected chi connectivity index (χ2v) is 3.57. The maximum atomic E-state index is 11.5. The van der Waals surface area contributed by atoms with Crippen molar-refractivity contribution in [3.05, 3.63) is 35.5 Å². The fraction of sp³-hybridized carbons (Fsp3) is 0.0769. The first-order valence-electron chi connectivity index (χ1n) is 5.12. The van der Waals surface area contributed by atoms with Crippen molar-refractivity contribution in [2.75, 3.05) is 7.11 Å². The number of hydrogen-bond acceptors (Lipinski definition) is 3. The van der Waals surface area contributed by atoms with E-state index in [1.165, 1.54) is 7.11 Å². The number of esters is 1. The average molecular weight is 242 g/mol. The number of carbonyl (C=O) groups excluding carboxylic acids is 2. The summed E-state index contributed by atoms with van der Waals surface area (Å²) >= 11 is 0. The Kier molecular flexibility index (Phi) is 3.02. The Hall–Kier alpha value is -2.74. The zero-order valence-electron chi connectivity index (χ0n) is 9.61. The summed E-state index contributed by atoms with van der Waals surface area (Å²) in [5.41, 5.74) is 6.76. The standard InChI is InChI=1S/C13H10N2O3/c1-18-13(17)10-7-15-11-4-2-8(6-9(10)11)3-5-12(14)16/h2,4,6-7,15H,1H3,(H2,14,16). The average Bonchev–Trinajstić information content (AvgIpc) is 2.78. The van der Waals surface area contributed by atoms with Crippen LogP contribution in [0.2, 0.25) is 0 Å². The number of carbonyl (C=O) groups is 2. The van der Waals surface area contributed by atoms with Crippen LogP contribution in [-0.4, -0.2) is 24.0 Å². The summed E-state index contributed by atoms with van der Waals surface area (Å²) in [6.45, 7) is 0. The molecule has 0 aliphatic heterocycles. The molecule has 0 aliphatic carbocycles. The molecule has 0 radical (unpaired) electrons. The first-order valence-corrected chi connectivity index (χ1v) is 5.12. The van der Waals surface area contributed by atoms with Gasteiger partial charge < -0.3 is 15.5 Å². The van der Waals surface area contributed by atoms with Crippen LogP contribution in [-0.2, 0) is 9.53 Å². The number of ether oxygens (including phenoxy) is 1. The molecule has 0 spiro atoms. The predicted octanol–water partition coefficient (Wildman–Crippen LogP) is 0.791. The van der Waals surface area contributed by atoms with Gasteiger partial charge in [-0.05, 0) is 24.1 Å². The summed E-state index contributed by atoms with van der Waals surface area (Å²) in [7, 11) is 1.32. The molecule has 3 N–H and O–H groups in total. The van der Waals surface area contributed by atoms with Crippen LogP contribution >= 0.6 is 0 Å². The fourth-order valence-corrected chi connectivity index (χ4v) is 1.61. The van der Waals surface area contributed by atoms with Crippen molar-refractivity contribution in [1.82, 2.24) is 4.98 Å². The van der Waals surface area contributed by atoms with Gasteiger partial charge in [0.25, 0.3) is 5.91 Å². The number of nitrogens with one attached hydrogen (secondary N) is 1. The molecule has 0 bridgehead atoms. The van der Waals surface area contributed by atoms with Crippen LogP contribution in [0, 0.1) is 11.8 Å². The summed E-state index contributed by atoms with van der Waals surface area (Å²) in [4.78, 5) is 25.0. The van der Waals surface area contributed by atoms with Crippen LogP contribution in [0.25, 0.3) is 10.9 Å². The molecule has 2 rings (SSSR count). The van der Waals surface area contributed by atoms with Crippen molar-refractivity contribution in [1.29, 1.82) is 0 Å². The van der Waals surface area contributed by atoms with E-state index < -0.39 is 11.9 Å². The topological polar surface area (TPSA) is 85.2 Å². The second kappa shape index (κ2) is 4.63. The number of methoxy groups -OCH3 is 1. The molecule has 1 aromatic carbocycles. The quantitative estimate of drug-likeness (QED) is 0.572. The summed E-state index contributed by atoms with van der Waals surface area (Å²) in [6.07, 6.45) is 1.57. The van der Waals surface area contributed by atoms with Crippen LogP contribution in [0.3, 0.4) is 0 Å². The van der Waals surface area contributed by atoms with E-state index in [1.807, 2.05) is 0 Å². The monoisotopic (exact) mass is 242 g/mol. The van der Waals surface area contributed by atoms with Gasteiger partial charge in [0.05, 0.1) is 12.7 Å². The van der Waals surface area contributed by atoms with Gasteiger partial charge in [-0.25, -0.2) is 4.79 Å². The predicted molar refractivity (Wildman–Crippen MR) is 65.7 cm³/mol. The van der Waals surface area contributed by atoms with Gasteiger partial charge in [0.2, 0.25) is 0 Å². The van der Waals surface area contributed by atoms with Gasteiger partial charge in [0.1, 0.15) is 0 Å². The van der Waals surface area contributed by atoms with E-state index in [1.54, 1.807) is 24.4 Å². The van der Waals surface area contributed by atoms with Crippen LogP contribution < -0.4 is 5.73 Å². The Labute approximate surface area is 103 Å². The minimum Gasteiger partial charge on any atom is -0.465 e. The molecule has 5 heteroatoms. The minimum absolute atomic E-state index is 0.426. The lowest BCUT2D eigenvalue weighted by molar-refractivity contribution is -0.112. The van der Waals surface area contributed by atoms with Crippen LogP contribution in [0.5, 0.6) is 0 Å². The molecule has 5 nitrogen and oxygen atoms in total. The largest absolute Gasteiger partial charge is 0.465 e. The lowest BCUT2D eigenvalue weighted by Gasteiger charge is -1.97. The van der Waals surface area contributed by atoms with Crippen molar-refractivity contribution < 1.29 is 14.3 Å². The highest BCUT2D eigenvalue weighted by Gasteiger charge is 2.11. The lowest BCUT2D eigenvalue weighted by Crippen LogP contribution is -2.06. The van der Waals surface area contributed by atoms with E-state index in [0.717, 1.165) is 5.52 Å². The second-order valence-electron chi connectivity index (χ2n) is 3.57. The molecule has 1 aromatic heterocycles. The Bertz CT molecular complexity index is 689. The van der Waals surface area contributed by atoms with Crippen molar-refractivity contribution in [3.63, 3.8) is 0 Å². The molecule has 0 atom stereocenters. The van der Waals surface area contributed by atoms with Crippen LogP contribution in [0.4, 0.5) is 0 Å². The Morgan fingerprint density at radius 3 is 2.83 bits per heavy atom. The number of primary amides is 1. The molecule has 0 aliphatic rings. The van der Waals surface area contributed by atoms with Crippen molar-refractivity contribution >= 4 is 22.8 Å². The third-order valence-corrected chi connectivity index (χ3v) is 2.42. The molecule has 0 saturated carbocycles. The summed E-state index contributed by atoms with van der Waals surface area (Å²) in [5, 5.41) is 0.693. The van der Waals surface area contributed by atoms with E-state index in [0.29, 0.717) is 16.5 Å². The Morgan fingerprint density at radius 1 is 1.39 bits per heavy atom. The van der Waals surface area contributed by atoms with Crippen molar-refractivity contribution in [2.45, 2.75) is 0 Å². The number of rotatable bonds is 1. The van der Waals surface area contributed by atoms with Gasteiger partial charge in [0.15, 0.2) is 0 Å². The molecule has 0 saturated heterocycles. The van der Waals surface area contributed by atoms with Crippen molar-refractivity contribution in [3.8, 4) is 11.8 Å². The number of nitrogens with two attached hydrogens (primary N) is 1. The van der Waals surface area contributed by atoms with E-state index in [4.69, 9.17) is 5.73 Å². The third kappa shape index (κ3) is 2.18. The number of fused-ring (bicyclic) bond motifs is 1. The van der Waals surface area contributed by atoms with Crippen LogP contribution in [0.1, 0.15) is 15.9 Å². The van der Waals surface area contributed by atoms with Gasteiger partial charge in [0, 0.05) is 22.7 Å². The molecule has 18 heavy (non-hydrogen) atoms. The number of benzene rings is 1. The zero-order chi connectivity index (χ0) is 13.1. The number of hydrogen-bond donors (Lipinski definition) is 2. The maximum Gasteiger partial charge on any atom is 0.340 e. The summed E-state index contributed by atoms with van der Waals surface area (Å²) < 4.78 is 4.67. The molecule has 1 heterocycles. The van der Waals surface area contributed by atoms with Gasteiger partial charge in [-0.1, -0.05) is 5.92 Å². The number of amides is 1. The minimum atomic E-state index is -0.697. The van der Waals surface area contributed by atoms with Crippen LogP contribution in [0.15, 0.2) is 24.4 Å². The highest BCUT2D eigenvalue weighted by molar-refractivity contribution is 6.04. The number of H-pyrrole nitrogens is 1. The lowest BCUT2D eigenvalue weighted by atomic mass is 10.1. The zero-order valence-corrected chi connectivity index (χ0v) is 9.61. The Morgan fingerprint density at radius 2 is 2.17 bits per heavy atom. The number of aromatic amines is 1. The van der Waals surface area contributed by atoms with E-state index >= 15 is 0 Å². The third-order valence-electron chi connectivity index (χ3n) is 2.42. The summed E-state index contributed by atoms with van der Waals surface area (Å²) in [6, 6.07) is 5.20.